The van der Waals surface area contributed by atoms with Crippen molar-refractivity contribution in [2.45, 2.75) is 18.7 Å². The Morgan fingerprint density at radius 1 is 1.73 bits per heavy atom. The second-order valence-corrected chi connectivity index (χ2v) is 4.28. The van der Waals surface area contributed by atoms with Crippen molar-refractivity contribution >= 4 is 11.8 Å². The van der Waals surface area contributed by atoms with Gasteiger partial charge in [-0.25, -0.2) is 0 Å². The number of methoxy groups -OCH3 is 1. The first-order valence-corrected chi connectivity index (χ1v) is 5.23. The lowest BCUT2D eigenvalue weighted by atomic mass is 10.2. The Balaban J connectivity index is 2.21. The zero-order chi connectivity index (χ0) is 8.10. The molecule has 0 spiro atoms. The first-order valence-electron chi connectivity index (χ1n) is 4.18. The van der Waals surface area contributed by atoms with E-state index in [9.17, 15) is 0 Å². The molecule has 0 bridgehead atoms. The van der Waals surface area contributed by atoms with Crippen LogP contribution in [0.15, 0.2) is 0 Å². The van der Waals surface area contributed by atoms with Gasteiger partial charge in [0, 0.05) is 13.0 Å². The van der Waals surface area contributed by atoms with Gasteiger partial charge in [-0.05, 0) is 18.7 Å². The van der Waals surface area contributed by atoms with Gasteiger partial charge in [-0.1, -0.05) is 6.92 Å². The first-order chi connectivity index (χ1) is 5.34. The molecule has 1 N–H and O–H groups in total. The predicted molar refractivity (Wildman–Crippen MR) is 49.9 cm³/mol. The minimum absolute atomic E-state index is 0.615. The third kappa shape index (κ3) is 3.01. The highest BCUT2D eigenvalue weighted by molar-refractivity contribution is 7.99. The number of hydrogen-bond donors (Lipinski definition) is 1. The van der Waals surface area contributed by atoms with E-state index in [1.165, 1.54) is 18.7 Å². The average molecular weight is 175 g/mol. The van der Waals surface area contributed by atoms with Crippen LogP contribution in [0.3, 0.4) is 0 Å². The standard InChI is InChI=1S/C8H17NOS/c1-7(6-10-2)8-9-4-3-5-11-8/h7-9H,3-6H2,1-2H3. The van der Waals surface area contributed by atoms with Crippen molar-refractivity contribution in [2.75, 3.05) is 26.0 Å². The molecular formula is C8H17NOS. The third-order valence-electron chi connectivity index (χ3n) is 1.91. The monoisotopic (exact) mass is 175 g/mol. The van der Waals surface area contributed by atoms with Gasteiger partial charge in [0.25, 0.3) is 0 Å². The van der Waals surface area contributed by atoms with E-state index in [2.05, 4.69) is 12.2 Å². The quantitative estimate of drug-likeness (QED) is 0.699. The van der Waals surface area contributed by atoms with Crippen molar-refractivity contribution in [3.8, 4) is 0 Å². The van der Waals surface area contributed by atoms with Gasteiger partial charge < -0.3 is 10.1 Å². The fourth-order valence-corrected chi connectivity index (χ4v) is 2.51. The molecule has 1 fully saturated rings. The fourth-order valence-electron chi connectivity index (χ4n) is 1.30. The maximum Gasteiger partial charge on any atom is 0.0580 e. The molecule has 0 aliphatic carbocycles. The van der Waals surface area contributed by atoms with Crippen LogP contribution in [0.25, 0.3) is 0 Å². The Morgan fingerprint density at radius 2 is 2.55 bits per heavy atom. The molecule has 0 aromatic heterocycles. The zero-order valence-electron chi connectivity index (χ0n) is 7.30. The Labute approximate surface area is 73.1 Å². The molecule has 1 heterocycles. The van der Waals surface area contributed by atoms with Crippen LogP contribution in [0.2, 0.25) is 0 Å². The third-order valence-corrected chi connectivity index (χ3v) is 3.43. The van der Waals surface area contributed by atoms with Crippen LogP contribution in [0.5, 0.6) is 0 Å². The molecule has 0 amide bonds. The Bertz CT molecular complexity index is 104. The highest BCUT2D eigenvalue weighted by Crippen LogP contribution is 2.21. The number of ether oxygens (including phenoxy) is 1. The van der Waals surface area contributed by atoms with Gasteiger partial charge in [0.15, 0.2) is 0 Å². The first kappa shape index (κ1) is 9.36. The lowest BCUT2D eigenvalue weighted by molar-refractivity contribution is 0.153. The molecule has 66 valence electrons. The van der Waals surface area contributed by atoms with Crippen molar-refractivity contribution in [2.24, 2.45) is 5.92 Å². The zero-order valence-corrected chi connectivity index (χ0v) is 8.12. The summed E-state index contributed by atoms with van der Waals surface area (Å²) in [6, 6.07) is 0. The van der Waals surface area contributed by atoms with E-state index in [4.69, 9.17) is 4.74 Å². The van der Waals surface area contributed by atoms with E-state index in [0.29, 0.717) is 11.3 Å². The van der Waals surface area contributed by atoms with E-state index in [1.807, 2.05) is 11.8 Å². The van der Waals surface area contributed by atoms with Crippen LogP contribution >= 0.6 is 11.8 Å². The molecule has 11 heavy (non-hydrogen) atoms. The number of nitrogens with one attached hydrogen (secondary N) is 1. The van der Waals surface area contributed by atoms with Crippen LogP contribution in [0.4, 0.5) is 0 Å². The summed E-state index contributed by atoms with van der Waals surface area (Å²) in [6.07, 6.45) is 1.31. The number of hydrogen-bond acceptors (Lipinski definition) is 3. The van der Waals surface area contributed by atoms with Crippen molar-refractivity contribution < 1.29 is 4.74 Å². The summed E-state index contributed by atoms with van der Waals surface area (Å²) in [5, 5.41) is 4.10. The summed E-state index contributed by atoms with van der Waals surface area (Å²) in [6.45, 7) is 4.27. The van der Waals surface area contributed by atoms with Crippen LogP contribution in [-0.2, 0) is 4.74 Å². The molecule has 2 atom stereocenters. The lowest BCUT2D eigenvalue weighted by Crippen LogP contribution is -2.38. The van der Waals surface area contributed by atoms with Crippen molar-refractivity contribution in [3.63, 3.8) is 0 Å². The minimum Gasteiger partial charge on any atom is -0.384 e. The summed E-state index contributed by atoms with van der Waals surface area (Å²) in [5.74, 6) is 1.93. The van der Waals surface area contributed by atoms with E-state index in [1.54, 1.807) is 7.11 Å². The smallest absolute Gasteiger partial charge is 0.0580 e. The molecule has 0 saturated carbocycles. The van der Waals surface area contributed by atoms with Gasteiger partial charge in [0.1, 0.15) is 0 Å². The van der Waals surface area contributed by atoms with Gasteiger partial charge >= 0.3 is 0 Å². The molecule has 0 radical (unpaired) electrons. The number of thioether (sulfide) groups is 1. The minimum atomic E-state index is 0.615. The second-order valence-electron chi connectivity index (χ2n) is 3.03. The maximum atomic E-state index is 5.10. The van der Waals surface area contributed by atoms with E-state index >= 15 is 0 Å². The van der Waals surface area contributed by atoms with Gasteiger partial charge in [-0.3, -0.25) is 0 Å². The van der Waals surface area contributed by atoms with Crippen LogP contribution in [-0.4, -0.2) is 31.4 Å². The number of rotatable bonds is 3. The Kier molecular flexibility index (Phi) is 4.26. The van der Waals surface area contributed by atoms with E-state index in [0.717, 1.165) is 6.61 Å². The maximum absolute atomic E-state index is 5.10. The molecule has 3 heteroatoms. The summed E-state index contributed by atoms with van der Waals surface area (Å²) >= 11 is 2.02. The van der Waals surface area contributed by atoms with Crippen LogP contribution in [0.1, 0.15) is 13.3 Å². The summed E-state index contributed by atoms with van der Waals surface area (Å²) < 4.78 is 5.10. The van der Waals surface area contributed by atoms with Gasteiger partial charge in [-0.15, -0.1) is 11.8 Å². The molecule has 0 aromatic carbocycles. The Morgan fingerprint density at radius 3 is 3.09 bits per heavy atom. The molecule has 1 rings (SSSR count). The molecule has 1 aliphatic heterocycles. The highest BCUT2D eigenvalue weighted by Gasteiger charge is 2.19. The van der Waals surface area contributed by atoms with Crippen LogP contribution < -0.4 is 5.32 Å². The molecule has 2 nitrogen and oxygen atoms in total. The van der Waals surface area contributed by atoms with Gasteiger partial charge in [-0.2, -0.15) is 0 Å². The van der Waals surface area contributed by atoms with E-state index < -0.39 is 0 Å². The normalized spacial score (nSPS) is 28.4. The fraction of sp³-hybridized carbons (Fsp3) is 1.00. The van der Waals surface area contributed by atoms with Crippen molar-refractivity contribution in [3.05, 3.63) is 0 Å². The molecule has 1 aliphatic rings. The summed E-state index contributed by atoms with van der Waals surface area (Å²) in [4.78, 5) is 0. The molecule has 1 saturated heterocycles. The lowest BCUT2D eigenvalue weighted by Gasteiger charge is -2.27. The topological polar surface area (TPSA) is 21.3 Å². The second kappa shape index (κ2) is 5.01. The summed E-state index contributed by atoms with van der Waals surface area (Å²) in [7, 11) is 1.77. The van der Waals surface area contributed by atoms with Crippen molar-refractivity contribution in [1.82, 2.24) is 5.32 Å². The molecular weight excluding hydrogens is 158 g/mol. The van der Waals surface area contributed by atoms with Crippen molar-refractivity contribution in [1.29, 1.82) is 0 Å². The van der Waals surface area contributed by atoms with Gasteiger partial charge in [0.05, 0.1) is 12.0 Å². The summed E-state index contributed by atoms with van der Waals surface area (Å²) in [5.41, 5.74) is 0. The SMILES string of the molecule is COCC(C)C1NCCCS1. The largest absolute Gasteiger partial charge is 0.384 e. The molecule has 2 unspecified atom stereocenters. The average Bonchev–Trinajstić information content (AvgIpc) is 2.07. The highest BCUT2D eigenvalue weighted by atomic mass is 32.2. The van der Waals surface area contributed by atoms with E-state index in [-0.39, 0.29) is 0 Å². The Hall–Kier alpha value is 0.270. The molecule has 0 aromatic rings. The predicted octanol–water partition coefficient (Wildman–Crippen LogP) is 1.32. The van der Waals surface area contributed by atoms with Gasteiger partial charge in [0.2, 0.25) is 0 Å². The van der Waals surface area contributed by atoms with Crippen LogP contribution in [0, 0.1) is 5.92 Å².